The number of hydrogen-bond donors (Lipinski definition) is 1. The van der Waals surface area contributed by atoms with Crippen molar-refractivity contribution < 1.29 is 42.1 Å². The topological polar surface area (TPSA) is 82.1 Å². The highest BCUT2D eigenvalue weighted by atomic mass is 19.4. The van der Waals surface area contributed by atoms with Gasteiger partial charge in [-0.15, -0.1) is 0 Å². The first-order valence-electron chi connectivity index (χ1n) is 9.48. The molecular weight excluding hydrogens is 429 g/mol. The van der Waals surface area contributed by atoms with Gasteiger partial charge in [0.05, 0.1) is 6.42 Å². The fourth-order valence-electron chi connectivity index (χ4n) is 2.93. The Kier molecular flexibility index (Phi) is 8.04. The molecule has 0 fully saturated rings. The molecule has 0 saturated carbocycles. The summed E-state index contributed by atoms with van der Waals surface area (Å²) in [5.74, 6) is -2.32. The van der Waals surface area contributed by atoms with Crippen molar-refractivity contribution in [2.75, 3.05) is 13.7 Å². The van der Waals surface area contributed by atoms with Crippen molar-refractivity contribution in [2.24, 2.45) is 0 Å². The quantitative estimate of drug-likeness (QED) is 0.428. The minimum absolute atomic E-state index is 0.164. The molecule has 0 saturated heterocycles. The van der Waals surface area contributed by atoms with Gasteiger partial charge in [-0.3, -0.25) is 4.79 Å². The number of aliphatic carboxylic acids is 1. The molecule has 0 unspecified atom stereocenters. The lowest BCUT2D eigenvalue weighted by atomic mass is 9.92. The molecular formula is C23H23F3O6. The van der Waals surface area contributed by atoms with Crippen molar-refractivity contribution in [1.29, 1.82) is 0 Å². The number of carbonyl (C=O) groups is 2. The van der Waals surface area contributed by atoms with Gasteiger partial charge in [0.1, 0.15) is 12.4 Å². The number of rotatable bonds is 10. The molecule has 0 aliphatic carbocycles. The van der Waals surface area contributed by atoms with E-state index < -0.39 is 35.4 Å². The second-order valence-corrected chi connectivity index (χ2v) is 7.01. The van der Waals surface area contributed by atoms with E-state index in [9.17, 15) is 22.8 Å². The second-order valence-electron chi connectivity index (χ2n) is 7.01. The fourth-order valence-corrected chi connectivity index (χ4v) is 2.93. The summed E-state index contributed by atoms with van der Waals surface area (Å²) >= 11 is 0. The summed E-state index contributed by atoms with van der Waals surface area (Å²) in [6, 6.07) is 12.6. The molecule has 0 bridgehead atoms. The van der Waals surface area contributed by atoms with Gasteiger partial charge < -0.3 is 19.3 Å². The van der Waals surface area contributed by atoms with Crippen LogP contribution in [0.15, 0.2) is 66.7 Å². The van der Waals surface area contributed by atoms with E-state index in [1.165, 1.54) is 37.3 Å². The molecule has 172 valence electrons. The van der Waals surface area contributed by atoms with Crippen molar-refractivity contribution in [3.63, 3.8) is 0 Å². The second kappa shape index (κ2) is 10.3. The number of carbonyl (C=O) groups excluding carboxylic acids is 1. The van der Waals surface area contributed by atoms with Gasteiger partial charge in [-0.2, -0.15) is 13.2 Å². The Labute approximate surface area is 183 Å². The van der Waals surface area contributed by atoms with Gasteiger partial charge in [0.15, 0.2) is 6.10 Å². The van der Waals surface area contributed by atoms with Crippen LogP contribution >= 0.6 is 0 Å². The zero-order valence-corrected chi connectivity index (χ0v) is 17.5. The summed E-state index contributed by atoms with van der Waals surface area (Å²) in [6.07, 6.45) is -6.45. The maximum Gasteiger partial charge on any atom is 0.432 e. The third-order valence-electron chi connectivity index (χ3n) is 4.65. The molecule has 2 aromatic carbocycles. The van der Waals surface area contributed by atoms with Crippen LogP contribution in [0.2, 0.25) is 0 Å². The number of halogens is 3. The highest BCUT2D eigenvalue weighted by molar-refractivity contribution is 5.83. The van der Waals surface area contributed by atoms with E-state index >= 15 is 0 Å². The van der Waals surface area contributed by atoms with Gasteiger partial charge in [0.2, 0.25) is 0 Å². The van der Waals surface area contributed by atoms with E-state index in [-0.39, 0.29) is 18.6 Å². The lowest BCUT2D eigenvalue weighted by Crippen LogP contribution is -2.53. The van der Waals surface area contributed by atoms with E-state index in [1.54, 1.807) is 12.1 Å². The third kappa shape index (κ3) is 5.67. The van der Waals surface area contributed by atoms with Crippen molar-refractivity contribution in [2.45, 2.75) is 31.2 Å². The highest BCUT2D eigenvalue weighted by Crippen LogP contribution is 2.43. The number of hydrogen-bond acceptors (Lipinski definition) is 5. The number of ether oxygens (including phenoxy) is 3. The van der Waals surface area contributed by atoms with E-state index in [0.717, 1.165) is 19.2 Å². The normalized spacial score (nSPS) is 14.2. The smallest absolute Gasteiger partial charge is 0.432 e. The van der Waals surface area contributed by atoms with Crippen LogP contribution in [0, 0.1) is 0 Å². The van der Waals surface area contributed by atoms with E-state index in [2.05, 4.69) is 6.58 Å². The van der Waals surface area contributed by atoms with Crippen LogP contribution in [-0.2, 0) is 31.1 Å². The minimum atomic E-state index is -5.10. The summed E-state index contributed by atoms with van der Waals surface area (Å²) < 4.78 is 57.5. The minimum Gasteiger partial charge on any atom is -0.489 e. The zero-order valence-electron chi connectivity index (χ0n) is 17.5. The molecule has 2 aromatic rings. The molecule has 2 rings (SSSR count). The molecule has 0 heterocycles. The van der Waals surface area contributed by atoms with Crippen LogP contribution in [0.3, 0.4) is 0 Å². The van der Waals surface area contributed by atoms with E-state index in [4.69, 9.17) is 19.3 Å². The number of esters is 1. The number of carboxylic acids is 1. The summed E-state index contributed by atoms with van der Waals surface area (Å²) in [5.41, 5.74) is -2.93. The van der Waals surface area contributed by atoms with Crippen LogP contribution in [0.1, 0.15) is 18.1 Å². The van der Waals surface area contributed by atoms with Gasteiger partial charge >= 0.3 is 18.1 Å². The monoisotopic (exact) mass is 452 g/mol. The maximum absolute atomic E-state index is 14.0. The Hall–Kier alpha value is -3.33. The summed E-state index contributed by atoms with van der Waals surface area (Å²) in [6.45, 7) is 4.85. The molecule has 6 nitrogen and oxygen atoms in total. The maximum atomic E-state index is 14.0. The summed E-state index contributed by atoms with van der Waals surface area (Å²) in [5, 5.41) is 8.80. The van der Waals surface area contributed by atoms with Gasteiger partial charge in [0, 0.05) is 12.7 Å². The third-order valence-corrected chi connectivity index (χ3v) is 4.65. The molecule has 0 spiro atoms. The molecule has 2 atom stereocenters. The SMILES string of the molecule is C=C(C)[C@@H](COc1ccc(CC(=O)O)cc1)OC(=O)[C@](OC)(c1ccccc1)C(F)(F)F. The van der Waals surface area contributed by atoms with Crippen molar-refractivity contribution in [3.8, 4) is 5.75 Å². The predicted octanol–water partition coefficient (Wildman–Crippen LogP) is 4.28. The average Bonchev–Trinajstić information content (AvgIpc) is 2.72. The zero-order chi connectivity index (χ0) is 23.9. The molecule has 0 aliphatic heterocycles. The Morgan fingerprint density at radius 2 is 1.66 bits per heavy atom. The largest absolute Gasteiger partial charge is 0.489 e. The molecule has 0 aromatic heterocycles. The van der Waals surface area contributed by atoms with Crippen molar-refractivity contribution in [1.82, 2.24) is 0 Å². The predicted molar refractivity (Wildman–Crippen MR) is 109 cm³/mol. The Bertz CT molecular complexity index is 940. The van der Waals surface area contributed by atoms with Gasteiger partial charge in [0.25, 0.3) is 5.60 Å². The summed E-state index contributed by atoms with van der Waals surface area (Å²) in [7, 11) is 0.784. The van der Waals surface area contributed by atoms with Crippen molar-refractivity contribution >= 4 is 11.9 Å². The van der Waals surface area contributed by atoms with Crippen LogP contribution in [0.4, 0.5) is 13.2 Å². The number of methoxy groups -OCH3 is 1. The van der Waals surface area contributed by atoms with E-state index in [1.807, 2.05) is 0 Å². The average molecular weight is 452 g/mol. The molecule has 1 N–H and O–H groups in total. The molecule has 9 heteroatoms. The lowest BCUT2D eigenvalue weighted by Gasteiger charge is -2.33. The Morgan fingerprint density at radius 1 is 1.06 bits per heavy atom. The number of carboxylic acid groups (broad SMARTS) is 1. The first kappa shape index (κ1) is 24.9. The Morgan fingerprint density at radius 3 is 2.12 bits per heavy atom. The fraction of sp³-hybridized carbons (Fsp3) is 0.304. The molecule has 0 aliphatic rings. The van der Waals surface area contributed by atoms with Crippen molar-refractivity contribution in [3.05, 3.63) is 77.9 Å². The summed E-state index contributed by atoms with van der Waals surface area (Å²) in [4.78, 5) is 23.5. The molecule has 0 radical (unpaired) electrons. The first-order valence-corrected chi connectivity index (χ1v) is 9.48. The van der Waals surface area contributed by atoms with Crippen LogP contribution in [0.25, 0.3) is 0 Å². The number of benzene rings is 2. The molecule has 0 amide bonds. The first-order chi connectivity index (χ1) is 15.0. The highest BCUT2D eigenvalue weighted by Gasteiger charge is 2.64. The van der Waals surface area contributed by atoms with Gasteiger partial charge in [-0.05, 0) is 30.2 Å². The van der Waals surface area contributed by atoms with Crippen LogP contribution < -0.4 is 4.74 Å². The van der Waals surface area contributed by atoms with Gasteiger partial charge in [-0.25, -0.2) is 4.79 Å². The molecule has 32 heavy (non-hydrogen) atoms. The van der Waals surface area contributed by atoms with Crippen LogP contribution in [0.5, 0.6) is 5.75 Å². The standard InChI is InChI=1S/C23H23F3O6/c1-15(2)19(14-31-18-11-9-16(10-12-18)13-20(27)28)32-21(29)22(30-3,23(24,25)26)17-7-5-4-6-8-17/h4-12,19H,1,13-14H2,2-3H3,(H,27,28)/t19-,22-/m1/s1. The Balaban J connectivity index is 2.20. The van der Waals surface area contributed by atoms with Crippen LogP contribution in [-0.4, -0.2) is 43.0 Å². The number of alkyl halides is 3. The lowest BCUT2D eigenvalue weighted by molar-refractivity contribution is -0.278. The van der Waals surface area contributed by atoms with E-state index in [0.29, 0.717) is 11.3 Å². The van der Waals surface area contributed by atoms with Gasteiger partial charge in [-0.1, -0.05) is 49.0 Å².